The Hall–Kier alpha value is -2.29. The second-order valence-electron chi connectivity index (χ2n) is 8.94. The highest BCUT2D eigenvalue weighted by Gasteiger charge is 2.27. The highest BCUT2D eigenvalue weighted by molar-refractivity contribution is 5.95. The van der Waals surface area contributed by atoms with Crippen LogP contribution in [0.5, 0.6) is 5.75 Å². The van der Waals surface area contributed by atoms with Gasteiger partial charge in [0.2, 0.25) is 5.91 Å². The molecular formula is C26H37NO2. The Morgan fingerprint density at radius 2 is 1.72 bits per heavy atom. The van der Waals surface area contributed by atoms with E-state index in [1.165, 1.54) is 12.8 Å². The van der Waals surface area contributed by atoms with Crippen LogP contribution in [-0.2, 0) is 16.6 Å². The van der Waals surface area contributed by atoms with Gasteiger partial charge in [0.25, 0.3) is 0 Å². The minimum Gasteiger partial charge on any atom is -0.507 e. The summed E-state index contributed by atoms with van der Waals surface area (Å²) >= 11 is 0. The molecule has 0 bridgehead atoms. The molecule has 0 fully saturated rings. The first-order chi connectivity index (χ1) is 13.6. The summed E-state index contributed by atoms with van der Waals surface area (Å²) < 4.78 is 0. The van der Waals surface area contributed by atoms with Crippen LogP contribution in [-0.4, -0.2) is 18.1 Å². The normalized spacial score (nSPS) is 11.6. The standard InChI is InChI=1S/C26H37NO2/c1-8-9-12-15-26(5,6)22-16-21(19(3)20(4)25(22)29)17-24(28)27(7)23-14-11-10-13-18(23)2/h10-11,13-14,16,29H,8-9,12,15,17H2,1-7H3. The lowest BCUT2D eigenvalue weighted by Crippen LogP contribution is -2.29. The zero-order chi connectivity index (χ0) is 21.8. The number of unbranched alkanes of at least 4 members (excludes halogenated alkanes) is 2. The molecule has 158 valence electrons. The number of hydrogen-bond acceptors (Lipinski definition) is 2. The summed E-state index contributed by atoms with van der Waals surface area (Å²) in [5.74, 6) is 0.440. The van der Waals surface area contributed by atoms with Gasteiger partial charge in [-0.2, -0.15) is 0 Å². The summed E-state index contributed by atoms with van der Waals surface area (Å²) in [6.45, 7) is 12.6. The van der Waals surface area contributed by atoms with Crippen LogP contribution in [0.25, 0.3) is 0 Å². The molecule has 29 heavy (non-hydrogen) atoms. The molecule has 0 saturated heterocycles. The lowest BCUT2D eigenvalue weighted by Gasteiger charge is -2.29. The fourth-order valence-corrected chi connectivity index (χ4v) is 3.98. The van der Waals surface area contributed by atoms with Crippen molar-refractivity contribution < 1.29 is 9.90 Å². The van der Waals surface area contributed by atoms with Crippen LogP contribution in [0.2, 0.25) is 0 Å². The number of hydrogen-bond donors (Lipinski definition) is 1. The van der Waals surface area contributed by atoms with Crippen molar-refractivity contribution in [2.24, 2.45) is 0 Å². The van der Waals surface area contributed by atoms with Crippen LogP contribution in [0.3, 0.4) is 0 Å². The van der Waals surface area contributed by atoms with Crippen molar-refractivity contribution in [3.05, 3.63) is 58.1 Å². The summed E-state index contributed by atoms with van der Waals surface area (Å²) in [7, 11) is 1.84. The summed E-state index contributed by atoms with van der Waals surface area (Å²) in [5, 5.41) is 10.9. The van der Waals surface area contributed by atoms with Crippen LogP contribution in [0.15, 0.2) is 30.3 Å². The SMILES string of the molecule is CCCCCC(C)(C)c1cc(CC(=O)N(C)c2ccccc2C)c(C)c(C)c1O. The first-order valence-electron chi connectivity index (χ1n) is 10.7. The van der Waals surface area contributed by atoms with Gasteiger partial charge < -0.3 is 10.0 Å². The lowest BCUT2D eigenvalue weighted by molar-refractivity contribution is -0.117. The first kappa shape index (κ1) is 23.0. The fourth-order valence-electron chi connectivity index (χ4n) is 3.98. The molecule has 2 aromatic rings. The molecule has 0 aromatic heterocycles. The number of nitrogens with zero attached hydrogens (tertiary/aromatic N) is 1. The number of phenols is 1. The smallest absolute Gasteiger partial charge is 0.231 e. The highest BCUT2D eigenvalue weighted by Crippen LogP contribution is 2.39. The molecule has 0 heterocycles. The molecular weight excluding hydrogens is 358 g/mol. The largest absolute Gasteiger partial charge is 0.507 e. The second kappa shape index (κ2) is 9.47. The van der Waals surface area contributed by atoms with Gasteiger partial charge >= 0.3 is 0 Å². The highest BCUT2D eigenvalue weighted by atomic mass is 16.3. The van der Waals surface area contributed by atoms with E-state index in [0.717, 1.165) is 46.3 Å². The predicted octanol–water partition coefficient (Wildman–Crippen LogP) is 6.38. The maximum absolute atomic E-state index is 13.0. The molecule has 3 heteroatoms. The van der Waals surface area contributed by atoms with Crippen molar-refractivity contribution in [1.82, 2.24) is 0 Å². The van der Waals surface area contributed by atoms with E-state index < -0.39 is 0 Å². The summed E-state index contributed by atoms with van der Waals surface area (Å²) in [6, 6.07) is 10.0. The number of carbonyl (C=O) groups is 1. The van der Waals surface area contributed by atoms with Gasteiger partial charge in [0, 0.05) is 18.3 Å². The fraction of sp³-hybridized carbons (Fsp3) is 0.500. The topological polar surface area (TPSA) is 40.5 Å². The van der Waals surface area contributed by atoms with Crippen LogP contribution in [0, 0.1) is 20.8 Å². The van der Waals surface area contributed by atoms with Crippen molar-refractivity contribution in [3.8, 4) is 5.75 Å². The summed E-state index contributed by atoms with van der Waals surface area (Å²) in [5.41, 5.74) is 5.74. The van der Waals surface area contributed by atoms with E-state index in [9.17, 15) is 9.90 Å². The van der Waals surface area contributed by atoms with E-state index in [-0.39, 0.29) is 11.3 Å². The zero-order valence-corrected chi connectivity index (χ0v) is 19.2. The van der Waals surface area contributed by atoms with Crippen LogP contribution < -0.4 is 4.90 Å². The molecule has 0 radical (unpaired) electrons. The average molecular weight is 396 g/mol. The maximum atomic E-state index is 13.0. The Morgan fingerprint density at radius 3 is 2.34 bits per heavy atom. The predicted molar refractivity (Wildman–Crippen MR) is 123 cm³/mol. The molecule has 0 spiro atoms. The third kappa shape index (κ3) is 5.20. The molecule has 0 aliphatic rings. The van der Waals surface area contributed by atoms with Gasteiger partial charge in [-0.05, 0) is 60.9 Å². The van der Waals surface area contributed by atoms with E-state index in [2.05, 4.69) is 26.8 Å². The number of benzene rings is 2. The van der Waals surface area contributed by atoms with E-state index >= 15 is 0 Å². The number of amides is 1. The Bertz CT molecular complexity index is 867. The monoisotopic (exact) mass is 395 g/mol. The number of likely N-dealkylation sites (N-methyl/N-ethyl adjacent to an activating group) is 1. The number of aromatic hydroxyl groups is 1. The average Bonchev–Trinajstić information content (AvgIpc) is 2.68. The number of rotatable bonds is 8. The molecule has 0 aliphatic heterocycles. The molecule has 1 N–H and O–H groups in total. The van der Waals surface area contributed by atoms with Crippen LogP contribution >= 0.6 is 0 Å². The Labute approximate surface area is 176 Å². The molecule has 2 rings (SSSR count). The van der Waals surface area contributed by atoms with E-state index in [4.69, 9.17) is 0 Å². The van der Waals surface area contributed by atoms with E-state index in [0.29, 0.717) is 12.2 Å². The number of carbonyl (C=O) groups excluding carboxylic acids is 1. The quantitative estimate of drug-likeness (QED) is 0.527. The molecule has 0 unspecified atom stereocenters. The molecule has 0 saturated carbocycles. The van der Waals surface area contributed by atoms with Gasteiger partial charge in [0.15, 0.2) is 0 Å². The van der Waals surface area contributed by atoms with Gasteiger partial charge in [-0.25, -0.2) is 0 Å². The number of aryl methyl sites for hydroxylation is 1. The van der Waals surface area contributed by atoms with Crippen LogP contribution in [0.1, 0.15) is 74.3 Å². The first-order valence-corrected chi connectivity index (χ1v) is 10.7. The van der Waals surface area contributed by atoms with E-state index in [1.807, 2.05) is 52.1 Å². The van der Waals surface area contributed by atoms with Crippen molar-refractivity contribution >= 4 is 11.6 Å². The van der Waals surface area contributed by atoms with Crippen LogP contribution in [0.4, 0.5) is 5.69 Å². The second-order valence-corrected chi connectivity index (χ2v) is 8.94. The third-order valence-corrected chi connectivity index (χ3v) is 6.30. The molecule has 0 aliphatic carbocycles. The van der Waals surface area contributed by atoms with E-state index in [1.54, 1.807) is 4.90 Å². The third-order valence-electron chi connectivity index (χ3n) is 6.30. The Kier molecular flexibility index (Phi) is 7.51. The van der Waals surface area contributed by atoms with Gasteiger partial charge in [0.1, 0.15) is 5.75 Å². The summed E-state index contributed by atoms with van der Waals surface area (Å²) in [4.78, 5) is 14.8. The summed E-state index contributed by atoms with van der Waals surface area (Å²) in [6.07, 6.45) is 4.87. The van der Waals surface area contributed by atoms with Crippen molar-refractivity contribution in [2.75, 3.05) is 11.9 Å². The molecule has 0 atom stereocenters. The number of phenolic OH excluding ortho intramolecular Hbond substituents is 1. The Morgan fingerprint density at radius 1 is 1.07 bits per heavy atom. The van der Waals surface area contributed by atoms with Gasteiger partial charge in [-0.1, -0.05) is 64.3 Å². The molecule has 1 amide bonds. The number of anilines is 1. The van der Waals surface area contributed by atoms with Crippen molar-refractivity contribution in [3.63, 3.8) is 0 Å². The Balaban J connectivity index is 2.34. The van der Waals surface area contributed by atoms with Crippen molar-refractivity contribution in [2.45, 2.75) is 79.1 Å². The maximum Gasteiger partial charge on any atom is 0.231 e. The lowest BCUT2D eigenvalue weighted by atomic mass is 9.77. The molecule has 2 aromatic carbocycles. The number of para-hydroxylation sites is 1. The molecule has 3 nitrogen and oxygen atoms in total. The zero-order valence-electron chi connectivity index (χ0n) is 19.2. The van der Waals surface area contributed by atoms with Gasteiger partial charge in [-0.15, -0.1) is 0 Å². The minimum absolute atomic E-state index is 0.0576. The van der Waals surface area contributed by atoms with Crippen molar-refractivity contribution in [1.29, 1.82) is 0 Å². The van der Waals surface area contributed by atoms with Gasteiger partial charge in [-0.3, -0.25) is 4.79 Å². The minimum atomic E-state index is -0.128. The van der Waals surface area contributed by atoms with Gasteiger partial charge in [0.05, 0.1) is 6.42 Å².